The molecule has 3 fully saturated rings. The van der Waals surface area contributed by atoms with E-state index in [2.05, 4.69) is 31.3 Å². The van der Waals surface area contributed by atoms with E-state index in [1.807, 2.05) is 4.90 Å². The van der Waals surface area contributed by atoms with Gasteiger partial charge in [-0.05, 0) is 37.8 Å². The SMILES string of the molecule is CC1CC1c1ccc(C2CC2C(=O)N2CCNC[C@H]2C)o1. The number of carbonyl (C=O) groups is 1. The van der Waals surface area contributed by atoms with Gasteiger partial charge in [0.2, 0.25) is 5.91 Å². The molecule has 0 bridgehead atoms. The average Bonchev–Trinajstić information content (AvgIpc) is 3.38. The molecular weight excluding hydrogens is 264 g/mol. The Morgan fingerprint density at radius 1 is 1.24 bits per heavy atom. The van der Waals surface area contributed by atoms with E-state index < -0.39 is 0 Å². The summed E-state index contributed by atoms with van der Waals surface area (Å²) in [6.45, 7) is 7.06. The Hall–Kier alpha value is -1.29. The van der Waals surface area contributed by atoms with Gasteiger partial charge in [-0.25, -0.2) is 0 Å². The summed E-state index contributed by atoms with van der Waals surface area (Å²) < 4.78 is 6.01. The molecule has 0 spiro atoms. The van der Waals surface area contributed by atoms with Gasteiger partial charge in [0, 0.05) is 43.4 Å². The zero-order valence-corrected chi connectivity index (χ0v) is 12.8. The lowest BCUT2D eigenvalue weighted by molar-refractivity contribution is -0.135. The highest BCUT2D eigenvalue weighted by Gasteiger charge is 2.49. The first-order chi connectivity index (χ1) is 10.1. The van der Waals surface area contributed by atoms with Crippen molar-refractivity contribution in [1.29, 1.82) is 0 Å². The molecule has 4 rings (SSSR count). The number of nitrogens with zero attached hydrogens (tertiary/aromatic N) is 1. The van der Waals surface area contributed by atoms with Crippen molar-refractivity contribution < 1.29 is 9.21 Å². The largest absolute Gasteiger partial charge is 0.465 e. The third-order valence-electron chi connectivity index (χ3n) is 5.38. The van der Waals surface area contributed by atoms with E-state index in [4.69, 9.17) is 4.42 Å². The molecule has 0 radical (unpaired) electrons. The third kappa shape index (κ3) is 2.39. The van der Waals surface area contributed by atoms with Crippen molar-refractivity contribution in [3.8, 4) is 0 Å². The second-order valence-corrected chi connectivity index (χ2v) is 7.09. The monoisotopic (exact) mass is 288 g/mol. The number of amides is 1. The molecule has 1 N–H and O–H groups in total. The molecule has 2 aliphatic carbocycles. The van der Waals surface area contributed by atoms with Crippen molar-refractivity contribution in [2.75, 3.05) is 19.6 Å². The molecule has 2 saturated carbocycles. The van der Waals surface area contributed by atoms with E-state index in [-0.39, 0.29) is 5.92 Å². The molecule has 1 aromatic rings. The van der Waals surface area contributed by atoms with Crippen LogP contribution in [0, 0.1) is 11.8 Å². The van der Waals surface area contributed by atoms with E-state index in [1.165, 1.54) is 6.42 Å². The van der Waals surface area contributed by atoms with Crippen LogP contribution in [0.3, 0.4) is 0 Å². The van der Waals surface area contributed by atoms with Gasteiger partial charge in [0.15, 0.2) is 0 Å². The van der Waals surface area contributed by atoms with Crippen molar-refractivity contribution in [3.63, 3.8) is 0 Å². The summed E-state index contributed by atoms with van der Waals surface area (Å²) in [5.74, 6) is 4.36. The first-order valence-electron chi connectivity index (χ1n) is 8.26. The van der Waals surface area contributed by atoms with Crippen LogP contribution < -0.4 is 5.32 Å². The van der Waals surface area contributed by atoms with Gasteiger partial charge in [-0.3, -0.25) is 4.79 Å². The topological polar surface area (TPSA) is 45.5 Å². The van der Waals surface area contributed by atoms with Crippen LogP contribution in [-0.4, -0.2) is 36.5 Å². The molecule has 0 aromatic carbocycles. The minimum absolute atomic E-state index is 0.154. The molecular formula is C17H24N2O2. The van der Waals surface area contributed by atoms with Crippen LogP contribution in [0.1, 0.15) is 50.0 Å². The maximum atomic E-state index is 12.6. The zero-order valence-electron chi connectivity index (χ0n) is 12.8. The van der Waals surface area contributed by atoms with E-state index in [0.29, 0.717) is 23.8 Å². The number of carbonyl (C=O) groups excluding carboxylic acids is 1. The van der Waals surface area contributed by atoms with E-state index in [9.17, 15) is 4.79 Å². The van der Waals surface area contributed by atoms with E-state index in [0.717, 1.165) is 43.5 Å². The van der Waals surface area contributed by atoms with Crippen LogP contribution in [0.5, 0.6) is 0 Å². The summed E-state index contributed by atoms with van der Waals surface area (Å²) in [5.41, 5.74) is 0. The number of hydrogen-bond donors (Lipinski definition) is 1. The minimum atomic E-state index is 0.154. The summed E-state index contributed by atoms with van der Waals surface area (Å²) in [6, 6.07) is 4.53. The highest BCUT2D eigenvalue weighted by molar-refractivity contribution is 5.83. The first-order valence-corrected chi connectivity index (χ1v) is 8.26. The lowest BCUT2D eigenvalue weighted by Gasteiger charge is -2.34. The molecule has 1 amide bonds. The van der Waals surface area contributed by atoms with Crippen molar-refractivity contribution in [2.45, 2.75) is 44.6 Å². The molecule has 4 heteroatoms. The maximum Gasteiger partial charge on any atom is 0.226 e. The number of hydrogen-bond acceptors (Lipinski definition) is 3. The van der Waals surface area contributed by atoms with Gasteiger partial charge < -0.3 is 14.6 Å². The fourth-order valence-corrected chi connectivity index (χ4v) is 3.65. The highest BCUT2D eigenvalue weighted by atomic mass is 16.3. The fraction of sp³-hybridized carbons (Fsp3) is 0.706. The third-order valence-corrected chi connectivity index (χ3v) is 5.38. The van der Waals surface area contributed by atoms with Gasteiger partial charge >= 0.3 is 0 Å². The van der Waals surface area contributed by atoms with Gasteiger partial charge in [-0.15, -0.1) is 0 Å². The highest BCUT2D eigenvalue weighted by Crippen LogP contribution is 2.52. The van der Waals surface area contributed by atoms with Crippen molar-refractivity contribution in [2.24, 2.45) is 11.8 Å². The zero-order chi connectivity index (χ0) is 14.6. The number of furan rings is 1. The second kappa shape index (κ2) is 4.87. The lowest BCUT2D eigenvalue weighted by Crippen LogP contribution is -2.52. The predicted molar refractivity (Wildman–Crippen MR) is 80.1 cm³/mol. The summed E-state index contributed by atoms with van der Waals surface area (Å²) >= 11 is 0. The van der Waals surface area contributed by atoms with Crippen LogP contribution in [0.2, 0.25) is 0 Å². The maximum absolute atomic E-state index is 12.6. The first kappa shape index (κ1) is 13.4. The summed E-state index contributed by atoms with van der Waals surface area (Å²) in [5, 5.41) is 3.34. The smallest absolute Gasteiger partial charge is 0.226 e. The van der Waals surface area contributed by atoms with Crippen LogP contribution in [0.15, 0.2) is 16.5 Å². The second-order valence-electron chi connectivity index (χ2n) is 7.09. The van der Waals surface area contributed by atoms with Crippen LogP contribution >= 0.6 is 0 Å². The predicted octanol–water partition coefficient (Wildman–Crippen LogP) is 2.33. The number of piperazine rings is 1. The standard InChI is InChI=1S/C17H24N2O2/c1-10-7-12(10)15-3-4-16(21-15)13-8-14(13)17(20)19-6-5-18-9-11(19)2/h3-4,10-14,18H,5-9H2,1-2H3/t10?,11-,12?,13?,14?/m1/s1. The molecule has 5 atom stereocenters. The Morgan fingerprint density at radius 3 is 2.62 bits per heavy atom. The molecule has 1 aliphatic heterocycles. The minimum Gasteiger partial charge on any atom is -0.465 e. The number of rotatable bonds is 3. The van der Waals surface area contributed by atoms with Crippen molar-refractivity contribution in [1.82, 2.24) is 10.2 Å². The van der Waals surface area contributed by atoms with Crippen molar-refractivity contribution in [3.05, 3.63) is 23.7 Å². The van der Waals surface area contributed by atoms with Crippen LogP contribution in [0.4, 0.5) is 0 Å². The summed E-state index contributed by atoms with van der Waals surface area (Å²) in [6.07, 6.45) is 2.21. The van der Waals surface area contributed by atoms with Crippen LogP contribution in [-0.2, 0) is 4.79 Å². The Morgan fingerprint density at radius 2 is 1.95 bits per heavy atom. The fourth-order valence-electron chi connectivity index (χ4n) is 3.65. The van der Waals surface area contributed by atoms with Crippen LogP contribution in [0.25, 0.3) is 0 Å². The normalized spacial score (nSPS) is 38.4. The van der Waals surface area contributed by atoms with Gasteiger partial charge in [-0.2, -0.15) is 0 Å². The molecule has 114 valence electrons. The van der Waals surface area contributed by atoms with Gasteiger partial charge in [0.25, 0.3) is 0 Å². The summed E-state index contributed by atoms with van der Waals surface area (Å²) in [4.78, 5) is 14.7. The average molecular weight is 288 g/mol. The molecule has 4 unspecified atom stereocenters. The summed E-state index contributed by atoms with van der Waals surface area (Å²) in [7, 11) is 0. The Labute approximate surface area is 125 Å². The Kier molecular flexibility index (Phi) is 3.10. The van der Waals surface area contributed by atoms with E-state index >= 15 is 0 Å². The van der Waals surface area contributed by atoms with Gasteiger partial charge in [-0.1, -0.05) is 6.92 Å². The molecule has 3 aliphatic rings. The molecule has 1 aromatic heterocycles. The quantitative estimate of drug-likeness (QED) is 0.928. The molecule has 1 saturated heterocycles. The van der Waals surface area contributed by atoms with E-state index in [1.54, 1.807) is 0 Å². The molecule has 2 heterocycles. The van der Waals surface area contributed by atoms with Crippen molar-refractivity contribution >= 4 is 5.91 Å². The van der Waals surface area contributed by atoms with Gasteiger partial charge in [0.05, 0.1) is 0 Å². The Bertz CT molecular complexity index is 553. The molecule has 4 nitrogen and oxygen atoms in total. The molecule has 21 heavy (non-hydrogen) atoms. The van der Waals surface area contributed by atoms with Gasteiger partial charge in [0.1, 0.15) is 11.5 Å². The lowest BCUT2D eigenvalue weighted by atomic mass is 10.1. The number of nitrogens with one attached hydrogen (secondary N) is 1. The Balaban J connectivity index is 1.40.